The van der Waals surface area contributed by atoms with Crippen LogP contribution >= 0.6 is 11.6 Å². The zero-order valence-corrected chi connectivity index (χ0v) is 17.9. The molecule has 0 bridgehead atoms. The number of aliphatic hydroxyl groups is 1. The van der Waals surface area contributed by atoms with Crippen molar-refractivity contribution in [2.75, 3.05) is 0 Å². The first-order chi connectivity index (χ1) is 15.8. The molecule has 170 valence electrons. The molecule has 2 N–H and O–H groups in total. The molecular formula is C21H17ClF2N6O3. The third-order valence-electron chi connectivity index (χ3n) is 5.05. The summed E-state index contributed by atoms with van der Waals surface area (Å²) < 4.78 is 34.4. The average molecular weight is 475 g/mol. The van der Waals surface area contributed by atoms with Crippen molar-refractivity contribution >= 4 is 17.5 Å². The standard InChI is InChI=1S/C21H17ClF2N6O3/c1-12(27-19(31)20-28-18(29-33-20)13-2-4-14(22)5-3-13)21(32,9-30-11-25-10-26-30)16-7-6-15(23)8-17(16)24/h2-8,10-12,32H,9H2,1H3,(H,27,31)/t12-,21-/m1/s1. The van der Waals surface area contributed by atoms with Gasteiger partial charge < -0.3 is 14.9 Å². The van der Waals surface area contributed by atoms with E-state index >= 15 is 0 Å². The van der Waals surface area contributed by atoms with Gasteiger partial charge in [0.05, 0.1) is 12.6 Å². The number of amides is 1. The van der Waals surface area contributed by atoms with Crippen LogP contribution in [0.15, 0.2) is 59.6 Å². The van der Waals surface area contributed by atoms with E-state index in [1.165, 1.54) is 24.3 Å². The Morgan fingerprint density at radius 3 is 2.70 bits per heavy atom. The fourth-order valence-corrected chi connectivity index (χ4v) is 3.39. The molecule has 0 spiro atoms. The summed E-state index contributed by atoms with van der Waals surface area (Å²) in [6.07, 6.45) is 2.55. The molecule has 0 aliphatic heterocycles. The van der Waals surface area contributed by atoms with Gasteiger partial charge in [-0.15, -0.1) is 0 Å². The van der Waals surface area contributed by atoms with Gasteiger partial charge in [-0.1, -0.05) is 22.8 Å². The Morgan fingerprint density at radius 1 is 1.27 bits per heavy atom. The first-order valence-corrected chi connectivity index (χ1v) is 10.0. The predicted molar refractivity (Wildman–Crippen MR) is 112 cm³/mol. The molecular weight excluding hydrogens is 458 g/mol. The Labute approximate surface area is 191 Å². The summed E-state index contributed by atoms with van der Waals surface area (Å²) in [5.74, 6) is -2.80. The van der Waals surface area contributed by atoms with Crippen LogP contribution in [0.2, 0.25) is 5.02 Å². The molecule has 0 saturated carbocycles. The van der Waals surface area contributed by atoms with Crippen LogP contribution in [0.3, 0.4) is 0 Å². The SMILES string of the molecule is C[C@@H](NC(=O)c1nc(-c2ccc(Cl)cc2)no1)[C@](O)(Cn1cncn1)c1ccc(F)cc1F. The van der Waals surface area contributed by atoms with Crippen molar-refractivity contribution in [3.8, 4) is 11.4 Å². The maximum absolute atomic E-state index is 14.6. The van der Waals surface area contributed by atoms with Gasteiger partial charge in [-0.25, -0.2) is 18.4 Å². The van der Waals surface area contributed by atoms with Crippen molar-refractivity contribution in [2.45, 2.75) is 25.1 Å². The second-order valence-corrected chi connectivity index (χ2v) is 7.70. The average Bonchev–Trinajstić information content (AvgIpc) is 3.46. The summed E-state index contributed by atoms with van der Waals surface area (Å²) in [6, 6.07) is 8.25. The fraction of sp³-hybridized carbons (Fsp3) is 0.190. The molecule has 0 aliphatic rings. The number of carbonyl (C=O) groups excluding carboxylic acids is 1. The number of nitrogens with one attached hydrogen (secondary N) is 1. The van der Waals surface area contributed by atoms with Gasteiger partial charge in [0.15, 0.2) is 0 Å². The Morgan fingerprint density at radius 2 is 2.03 bits per heavy atom. The van der Waals surface area contributed by atoms with Gasteiger partial charge in [0.25, 0.3) is 0 Å². The Balaban J connectivity index is 1.59. The van der Waals surface area contributed by atoms with E-state index in [2.05, 4.69) is 25.5 Å². The molecule has 4 rings (SSSR count). The minimum absolute atomic E-state index is 0.159. The molecule has 2 atom stereocenters. The van der Waals surface area contributed by atoms with Crippen molar-refractivity contribution < 1.29 is 23.2 Å². The van der Waals surface area contributed by atoms with Crippen LogP contribution in [0.25, 0.3) is 11.4 Å². The van der Waals surface area contributed by atoms with Crippen molar-refractivity contribution in [3.63, 3.8) is 0 Å². The smallest absolute Gasteiger partial charge is 0.316 e. The van der Waals surface area contributed by atoms with Crippen molar-refractivity contribution in [1.82, 2.24) is 30.2 Å². The van der Waals surface area contributed by atoms with Crippen molar-refractivity contribution in [1.29, 1.82) is 0 Å². The summed E-state index contributed by atoms with van der Waals surface area (Å²) in [6.45, 7) is 1.17. The molecule has 0 radical (unpaired) electrons. The van der Waals surface area contributed by atoms with E-state index in [0.717, 1.165) is 12.1 Å². The van der Waals surface area contributed by atoms with E-state index in [4.69, 9.17) is 16.1 Å². The molecule has 2 heterocycles. The number of halogens is 3. The van der Waals surface area contributed by atoms with E-state index in [1.807, 2.05) is 0 Å². The van der Waals surface area contributed by atoms with E-state index < -0.39 is 29.2 Å². The van der Waals surface area contributed by atoms with Gasteiger partial charge in [0, 0.05) is 22.2 Å². The lowest BCUT2D eigenvalue weighted by molar-refractivity contribution is -0.0189. The highest BCUT2D eigenvalue weighted by atomic mass is 35.5. The van der Waals surface area contributed by atoms with Gasteiger partial charge in [-0.2, -0.15) is 10.1 Å². The number of hydrogen-bond acceptors (Lipinski definition) is 7. The summed E-state index contributed by atoms with van der Waals surface area (Å²) in [4.78, 5) is 20.6. The van der Waals surface area contributed by atoms with Crippen molar-refractivity contribution in [3.05, 3.63) is 83.2 Å². The van der Waals surface area contributed by atoms with Gasteiger partial charge in [0.1, 0.15) is 29.9 Å². The molecule has 12 heteroatoms. The van der Waals surface area contributed by atoms with Crippen LogP contribution in [-0.4, -0.2) is 42.0 Å². The summed E-state index contributed by atoms with van der Waals surface area (Å²) in [5.41, 5.74) is -1.69. The molecule has 0 aliphatic carbocycles. The fourth-order valence-electron chi connectivity index (χ4n) is 3.27. The van der Waals surface area contributed by atoms with Gasteiger partial charge in [-0.3, -0.25) is 4.79 Å². The zero-order chi connectivity index (χ0) is 23.6. The highest BCUT2D eigenvalue weighted by Gasteiger charge is 2.40. The Bertz CT molecular complexity index is 1270. The highest BCUT2D eigenvalue weighted by Crippen LogP contribution is 2.30. The molecule has 0 fully saturated rings. The van der Waals surface area contributed by atoms with Crippen LogP contribution in [-0.2, 0) is 12.1 Å². The monoisotopic (exact) mass is 474 g/mol. The summed E-state index contributed by atoms with van der Waals surface area (Å²) in [5, 5.41) is 22.2. The minimum Gasteiger partial charge on any atom is -0.381 e. The van der Waals surface area contributed by atoms with Gasteiger partial charge >= 0.3 is 11.8 Å². The van der Waals surface area contributed by atoms with Crippen LogP contribution in [0.4, 0.5) is 8.78 Å². The molecule has 4 aromatic rings. The summed E-state index contributed by atoms with van der Waals surface area (Å²) >= 11 is 5.87. The third-order valence-corrected chi connectivity index (χ3v) is 5.31. The predicted octanol–water partition coefficient (Wildman–Crippen LogP) is 2.97. The zero-order valence-electron chi connectivity index (χ0n) is 17.1. The lowest BCUT2D eigenvalue weighted by Gasteiger charge is -2.34. The van der Waals surface area contributed by atoms with Crippen LogP contribution in [0, 0.1) is 11.6 Å². The third kappa shape index (κ3) is 4.73. The number of hydrogen-bond donors (Lipinski definition) is 2. The van der Waals surface area contributed by atoms with E-state index in [0.29, 0.717) is 16.7 Å². The minimum atomic E-state index is -2.03. The normalized spacial score (nSPS) is 14.0. The topological polar surface area (TPSA) is 119 Å². The van der Waals surface area contributed by atoms with E-state index in [-0.39, 0.29) is 23.8 Å². The highest BCUT2D eigenvalue weighted by molar-refractivity contribution is 6.30. The van der Waals surface area contributed by atoms with Crippen molar-refractivity contribution in [2.24, 2.45) is 0 Å². The Hall–Kier alpha value is -3.70. The van der Waals surface area contributed by atoms with Gasteiger partial charge in [0.2, 0.25) is 5.82 Å². The van der Waals surface area contributed by atoms with Gasteiger partial charge in [-0.05, 0) is 37.3 Å². The molecule has 33 heavy (non-hydrogen) atoms. The molecule has 2 aromatic carbocycles. The first kappa shape index (κ1) is 22.5. The second kappa shape index (κ2) is 9.04. The number of aromatic nitrogens is 5. The quantitative estimate of drug-likeness (QED) is 0.422. The molecule has 2 aromatic heterocycles. The number of nitrogens with zero attached hydrogens (tertiary/aromatic N) is 5. The lowest BCUT2D eigenvalue weighted by Crippen LogP contribution is -2.52. The molecule has 0 unspecified atom stereocenters. The number of carbonyl (C=O) groups is 1. The van der Waals surface area contributed by atoms with Crippen LogP contribution < -0.4 is 5.32 Å². The molecule has 0 saturated heterocycles. The van der Waals surface area contributed by atoms with E-state index in [1.54, 1.807) is 24.3 Å². The summed E-state index contributed by atoms with van der Waals surface area (Å²) in [7, 11) is 0. The second-order valence-electron chi connectivity index (χ2n) is 7.27. The van der Waals surface area contributed by atoms with Crippen LogP contribution in [0.1, 0.15) is 23.2 Å². The lowest BCUT2D eigenvalue weighted by atomic mass is 9.86. The van der Waals surface area contributed by atoms with E-state index in [9.17, 15) is 18.7 Å². The molecule has 1 amide bonds. The largest absolute Gasteiger partial charge is 0.381 e. The Kier molecular flexibility index (Phi) is 6.16. The first-order valence-electron chi connectivity index (χ1n) is 9.67. The molecule has 9 nitrogen and oxygen atoms in total. The maximum atomic E-state index is 14.6. The number of benzene rings is 2. The number of rotatable bonds is 7. The maximum Gasteiger partial charge on any atom is 0.316 e. The van der Waals surface area contributed by atoms with Crippen LogP contribution in [0.5, 0.6) is 0 Å².